The minimum atomic E-state index is 0.704. The number of hydrogen-bond acceptors (Lipinski definition) is 3. The standard InChI is InChI=1S/C11H19N3S/c1-12-10-8-15-7-9(10)3-4-11-13-5-6-14(11)2/h5-6,9-10,12H,3-4,7-8H2,1-2H3. The van der Waals surface area contributed by atoms with Gasteiger partial charge in [-0.1, -0.05) is 0 Å². The lowest BCUT2D eigenvalue weighted by Crippen LogP contribution is -2.32. The van der Waals surface area contributed by atoms with E-state index in [1.54, 1.807) is 0 Å². The van der Waals surface area contributed by atoms with Crippen LogP contribution < -0.4 is 5.32 Å². The van der Waals surface area contributed by atoms with Crippen molar-refractivity contribution in [2.45, 2.75) is 18.9 Å². The molecule has 1 saturated heterocycles. The van der Waals surface area contributed by atoms with Crippen molar-refractivity contribution >= 4 is 11.8 Å². The zero-order chi connectivity index (χ0) is 10.7. The molecule has 2 atom stereocenters. The molecule has 0 amide bonds. The molecule has 0 aliphatic carbocycles. The van der Waals surface area contributed by atoms with Gasteiger partial charge in [0.2, 0.25) is 0 Å². The lowest BCUT2D eigenvalue weighted by molar-refractivity contribution is 0.423. The van der Waals surface area contributed by atoms with E-state index in [1.165, 1.54) is 23.8 Å². The first-order chi connectivity index (χ1) is 7.31. The molecule has 3 nitrogen and oxygen atoms in total. The van der Waals surface area contributed by atoms with Crippen LogP contribution in [-0.2, 0) is 13.5 Å². The molecule has 15 heavy (non-hydrogen) atoms. The summed E-state index contributed by atoms with van der Waals surface area (Å²) in [7, 11) is 4.14. The van der Waals surface area contributed by atoms with Crippen LogP contribution in [0.4, 0.5) is 0 Å². The van der Waals surface area contributed by atoms with Gasteiger partial charge in [0, 0.05) is 37.7 Å². The van der Waals surface area contributed by atoms with Gasteiger partial charge in [-0.2, -0.15) is 11.8 Å². The van der Waals surface area contributed by atoms with Crippen LogP contribution in [0.1, 0.15) is 12.2 Å². The molecule has 1 aromatic rings. The fourth-order valence-electron chi connectivity index (χ4n) is 2.15. The molecule has 0 radical (unpaired) electrons. The summed E-state index contributed by atoms with van der Waals surface area (Å²) >= 11 is 2.07. The fraction of sp³-hybridized carbons (Fsp3) is 0.727. The van der Waals surface area contributed by atoms with E-state index in [0.29, 0.717) is 6.04 Å². The highest BCUT2D eigenvalue weighted by molar-refractivity contribution is 7.99. The minimum Gasteiger partial charge on any atom is -0.338 e. The van der Waals surface area contributed by atoms with E-state index >= 15 is 0 Å². The number of hydrogen-bond donors (Lipinski definition) is 1. The Kier molecular flexibility index (Phi) is 3.70. The van der Waals surface area contributed by atoms with Gasteiger partial charge in [-0.05, 0) is 25.1 Å². The Hall–Kier alpha value is -0.480. The van der Waals surface area contributed by atoms with E-state index in [4.69, 9.17) is 0 Å². The summed E-state index contributed by atoms with van der Waals surface area (Å²) in [5.41, 5.74) is 0. The third-order valence-electron chi connectivity index (χ3n) is 3.23. The van der Waals surface area contributed by atoms with Crippen LogP contribution in [0.5, 0.6) is 0 Å². The molecule has 2 heterocycles. The van der Waals surface area contributed by atoms with Gasteiger partial charge in [-0.3, -0.25) is 0 Å². The SMILES string of the molecule is CNC1CSCC1CCc1nccn1C. The van der Waals surface area contributed by atoms with Crippen molar-refractivity contribution in [1.82, 2.24) is 14.9 Å². The maximum absolute atomic E-state index is 4.36. The fourth-order valence-corrected chi connectivity index (χ4v) is 3.68. The quantitative estimate of drug-likeness (QED) is 0.838. The topological polar surface area (TPSA) is 29.9 Å². The molecule has 0 spiro atoms. The second-order valence-corrected chi connectivity index (χ2v) is 5.26. The first-order valence-electron chi connectivity index (χ1n) is 5.52. The van der Waals surface area contributed by atoms with E-state index in [-0.39, 0.29) is 0 Å². The zero-order valence-corrected chi connectivity index (χ0v) is 10.3. The molecule has 1 N–H and O–H groups in total. The summed E-state index contributed by atoms with van der Waals surface area (Å²) in [5.74, 6) is 4.59. The summed E-state index contributed by atoms with van der Waals surface area (Å²) in [6.45, 7) is 0. The molecule has 0 bridgehead atoms. The molecule has 2 rings (SSSR count). The van der Waals surface area contributed by atoms with Gasteiger partial charge in [0.25, 0.3) is 0 Å². The number of imidazole rings is 1. The Morgan fingerprint density at radius 2 is 2.47 bits per heavy atom. The van der Waals surface area contributed by atoms with Crippen molar-refractivity contribution in [1.29, 1.82) is 0 Å². The van der Waals surface area contributed by atoms with Crippen LogP contribution in [0.15, 0.2) is 12.4 Å². The number of aromatic nitrogens is 2. The predicted molar refractivity (Wildman–Crippen MR) is 65.2 cm³/mol. The van der Waals surface area contributed by atoms with Gasteiger partial charge in [-0.15, -0.1) is 0 Å². The van der Waals surface area contributed by atoms with Crippen LogP contribution in [0, 0.1) is 5.92 Å². The third kappa shape index (κ3) is 2.55. The summed E-state index contributed by atoms with van der Waals surface area (Å²) in [5, 5.41) is 3.41. The molecule has 4 heteroatoms. The Bertz CT molecular complexity index is 311. The number of nitrogens with zero attached hydrogens (tertiary/aromatic N) is 2. The monoisotopic (exact) mass is 225 g/mol. The van der Waals surface area contributed by atoms with Gasteiger partial charge < -0.3 is 9.88 Å². The summed E-state index contributed by atoms with van der Waals surface area (Å²) < 4.78 is 2.12. The van der Waals surface area contributed by atoms with E-state index in [9.17, 15) is 0 Å². The Balaban J connectivity index is 1.85. The number of aryl methyl sites for hydroxylation is 2. The average Bonchev–Trinajstić information content (AvgIpc) is 2.83. The maximum atomic E-state index is 4.36. The van der Waals surface area contributed by atoms with Gasteiger partial charge in [0.05, 0.1) is 0 Å². The predicted octanol–water partition coefficient (Wildman–Crippen LogP) is 1.30. The normalized spacial score (nSPS) is 26.0. The van der Waals surface area contributed by atoms with Crippen molar-refractivity contribution in [3.63, 3.8) is 0 Å². The van der Waals surface area contributed by atoms with Crippen molar-refractivity contribution in [2.24, 2.45) is 13.0 Å². The highest BCUT2D eigenvalue weighted by Crippen LogP contribution is 2.27. The van der Waals surface area contributed by atoms with Crippen LogP contribution in [0.2, 0.25) is 0 Å². The molecule has 2 unspecified atom stereocenters. The molecular formula is C11H19N3S. The number of nitrogens with one attached hydrogen (secondary N) is 1. The molecule has 84 valence electrons. The van der Waals surface area contributed by atoms with Gasteiger partial charge >= 0.3 is 0 Å². The molecule has 1 aliphatic rings. The first kappa shape index (κ1) is 11.0. The second-order valence-electron chi connectivity index (χ2n) is 4.19. The van der Waals surface area contributed by atoms with Crippen LogP contribution in [0.3, 0.4) is 0 Å². The maximum Gasteiger partial charge on any atom is 0.108 e. The highest BCUT2D eigenvalue weighted by atomic mass is 32.2. The highest BCUT2D eigenvalue weighted by Gasteiger charge is 2.26. The van der Waals surface area contributed by atoms with Crippen molar-refractivity contribution in [3.8, 4) is 0 Å². The lowest BCUT2D eigenvalue weighted by Gasteiger charge is -2.17. The molecule has 1 fully saturated rings. The van der Waals surface area contributed by atoms with Gasteiger partial charge in [0.15, 0.2) is 0 Å². The van der Waals surface area contributed by atoms with Crippen molar-refractivity contribution in [2.75, 3.05) is 18.6 Å². The van der Waals surface area contributed by atoms with Crippen LogP contribution >= 0.6 is 11.8 Å². The number of thioether (sulfide) groups is 1. The zero-order valence-electron chi connectivity index (χ0n) is 9.44. The largest absolute Gasteiger partial charge is 0.338 e. The first-order valence-corrected chi connectivity index (χ1v) is 6.68. The van der Waals surface area contributed by atoms with E-state index in [0.717, 1.165) is 12.3 Å². The second kappa shape index (κ2) is 5.03. The summed E-state index contributed by atoms with van der Waals surface area (Å²) in [4.78, 5) is 4.36. The Morgan fingerprint density at radius 3 is 3.13 bits per heavy atom. The van der Waals surface area contributed by atoms with Crippen LogP contribution in [0.25, 0.3) is 0 Å². The van der Waals surface area contributed by atoms with E-state index < -0.39 is 0 Å². The average molecular weight is 225 g/mol. The van der Waals surface area contributed by atoms with Crippen LogP contribution in [-0.4, -0.2) is 34.1 Å². The van der Waals surface area contributed by atoms with Crippen molar-refractivity contribution in [3.05, 3.63) is 18.2 Å². The third-order valence-corrected chi connectivity index (χ3v) is 4.49. The number of rotatable bonds is 4. The van der Waals surface area contributed by atoms with Gasteiger partial charge in [-0.25, -0.2) is 4.98 Å². The Morgan fingerprint density at radius 1 is 1.60 bits per heavy atom. The molecule has 0 aromatic carbocycles. The lowest BCUT2D eigenvalue weighted by atomic mass is 9.98. The van der Waals surface area contributed by atoms with E-state index in [2.05, 4.69) is 40.7 Å². The minimum absolute atomic E-state index is 0.704. The summed E-state index contributed by atoms with van der Waals surface area (Å²) in [6, 6.07) is 0.704. The van der Waals surface area contributed by atoms with Crippen molar-refractivity contribution < 1.29 is 0 Å². The molecular weight excluding hydrogens is 206 g/mol. The molecule has 0 saturated carbocycles. The molecule has 1 aromatic heterocycles. The summed E-state index contributed by atoms with van der Waals surface area (Å²) in [6.07, 6.45) is 6.26. The molecule has 1 aliphatic heterocycles. The van der Waals surface area contributed by atoms with E-state index in [1.807, 2.05) is 12.4 Å². The smallest absolute Gasteiger partial charge is 0.108 e. The van der Waals surface area contributed by atoms with Gasteiger partial charge in [0.1, 0.15) is 5.82 Å². The Labute approximate surface area is 95.7 Å².